The predicted octanol–water partition coefficient (Wildman–Crippen LogP) is 0.326. The average Bonchev–Trinajstić information content (AvgIpc) is 2.55. The Morgan fingerprint density at radius 2 is 2.00 bits per heavy atom. The van der Waals surface area contributed by atoms with Crippen LogP contribution in [0, 0.1) is 0 Å². The van der Waals surface area contributed by atoms with Gasteiger partial charge in [0.2, 0.25) is 5.91 Å². The van der Waals surface area contributed by atoms with Gasteiger partial charge in [-0.05, 0) is 18.2 Å². The van der Waals surface area contributed by atoms with Crippen molar-refractivity contribution in [2.45, 2.75) is 0 Å². The van der Waals surface area contributed by atoms with Gasteiger partial charge in [-0.2, -0.15) is 0 Å². The second-order valence-corrected chi connectivity index (χ2v) is 5.18. The number of methoxy groups -OCH3 is 1. The van der Waals surface area contributed by atoms with Crippen LogP contribution in [-0.4, -0.2) is 73.6 Å². The Labute approximate surface area is 141 Å². The van der Waals surface area contributed by atoms with Gasteiger partial charge >= 0.3 is 0 Å². The van der Waals surface area contributed by atoms with Crippen molar-refractivity contribution in [1.82, 2.24) is 15.1 Å². The fourth-order valence-electron chi connectivity index (χ4n) is 2.31. The molecule has 0 saturated carbocycles. The molecule has 128 valence electrons. The number of piperazine rings is 1. The first-order valence-electron chi connectivity index (χ1n) is 7.14. The first-order valence-corrected chi connectivity index (χ1v) is 7.14. The van der Waals surface area contributed by atoms with Crippen LogP contribution in [0.2, 0.25) is 0 Å². The lowest BCUT2D eigenvalue weighted by Gasteiger charge is -2.29. The smallest absolute Gasteiger partial charge is 0.257 e. The number of likely N-dealkylation sites (N-methyl/N-ethyl adjacent to an activating group) is 1. The molecule has 1 aromatic rings. The lowest BCUT2D eigenvalue weighted by Crippen LogP contribution is -2.49. The van der Waals surface area contributed by atoms with Gasteiger partial charge < -0.3 is 25.0 Å². The van der Waals surface area contributed by atoms with Crippen molar-refractivity contribution in [3.8, 4) is 11.5 Å². The second-order valence-electron chi connectivity index (χ2n) is 5.18. The number of amides is 2. The molecular formula is C15H22ClN3O4. The zero-order valence-electron chi connectivity index (χ0n) is 13.2. The van der Waals surface area contributed by atoms with E-state index in [1.165, 1.54) is 24.1 Å². The molecule has 0 atom stereocenters. The molecule has 1 fully saturated rings. The third-order valence-corrected chi connectivity index (χ3v) is 3.62. The lowest BCUT2D eigenvalue weighted by atomic mass is 10.1. The molecule has 1 aromatic carbocycles. The molecule has 2 N–H and O–H groups in total. The number of halogens is 1. The summed E-state index contributed by atoms with van der Waals surface area (Å²) in [6, 6.07) is 4.43. The Kier molecular flexibility index (Phi) is 7.12. The summed E-state index contributed by atoms with van der Waals surface area (Å²) in [7, 11) is 3.03. The number of hydrogen-bond donors (Lipinski definition) is 2. The predicted molar refractivity (Wildman–Crippen MR) is 88.3 cm³/mol. The summed E-state index contributed by atoms with van der Waals surface area (Å²) in [5, 5.41) is 13.0. The van der Waals surface area contributed by atoms with E-state index in [2.05, 4.69) is 5.32 Å². The first kappa shape index (κ1) is 19.1. The molecular weight excluding hydrogens is 322 g/mol. The number of ether oxygens (including phenoxy) is 1. The Hall–Kier alpha value is -1.99. The van der Waals surface area contributed by atoms with Crippen LogP contribution in [0.15, 0.2) is 18.2 Å². The molecule has 0 aliphatic carbocycles. The van der Waals surface area contributed by atoms with Crippen molar-refractivity contribution < 1.29 is 19.4 Å². The summed E-state index contributed by atoms with van der Waals surface area (Å²) in [4.78, 5) is 27.6. The largest absolute Gasteiger partial charge is 0.507 e. The van der Waals surface area contributed by atoms with Gasteiger partial charge in [0.05, 0.1) is 19.2 Å². The summed E-state index contributed by atoms with van der Waals surface area (Å²) in [6.45, 7) is 2.80. The van der Waals surface area contributed by atoms with Crippen molar-refractivity contribution in [3.05, 3.63) is 23.8 Å². The van der Waals surface area contributed by atoms with Crippen LogP contribution in [0.5, 0.6) is 11.5 Å². The molecule has 0 aromatic heterocycles. The van der Waals surface area contributed by atoms with Crippen molar-refractivity contribution in [3.63, 3.8) is 0 Å². The Bertz CT molecular complexity index is 562. The molecule has 23 heavy (non-hydrogen) atoms. The summed E-state index contributed by atoms with van der Waals surface area (Å²) in [6.07, 6.45) is 0. The Morgan fingerprint density at radius 1 is 1.35 bits per heavy atom. The minimum atomic E-state index is -0.417. The van der Waals surface area contributed by atoms with Crippen LogP contribution in [0.3, 0.4) is 0 Å². The van der Waals surface area contributed by atoms with Crippen LogP contribution in [0.4, 0.5) is 0 Å². The third kappa shape index (κ3) is 4.74. The molecule has 1 saturated heterocycles. The van der Waals surface area contributed by atoms with Crippen molar-refractivity contribution in [2.24, 2.45) is 0 Å². The molecule has 1 heterocycles. The van der Waals surface area contributed by atoms with Gasteiger partial charge in [-0.15, -0.1) is 12.4 Å². The number of nitrogens with zero attached hydrogens (tertiary/aromatic N) is 2. The van der Waals surface area contributed by atoms with Crippen LogP contribution in [0.1, 0.15) is 10.4 Å². The molecule has 7 nitrogen and oxygen atoms in total. The second kappa shape index (κ2) is 8.59. The Morgan fingerprint density at radius 3 is 2.61 bits per heavy atom. The highest BCUT2D eigenvalue weighted by atomic mass is 35.5. The normalized spacial score (nSPS) is 13.9. The topological polar surface area (TPSA) is 82.1 Å². The highest BCUT2D eigenvalue weighted by Crippen LogP contribution is 2.23. The van der Waals surface area contributed by atoms with Crippen molar-refractivity contribution in [1.29, 1.82) is 0 Å². The molecule has 1 aliphatic heterocycles. The number of benzene rings is 1. The average molecular weight is 344 g/mol. The molecule has 0 radical (unpaired) electrons. The number of carbonyl (C=O) groups excluding carboxylic acids is 2. The van der Waals surface area contributed by atoms with Crippen molar-refractivity contribution in [2.75, 3.05) is 46.9 Å². The molecule has 2 rings (SSSR count). The standard InChI is InChI=1S/C15H21N3O4.ClH/c1-17(10-14(20)18-7-5-16-6-8-18)15(21)12-9-11(22-2)3-4-13(12)19;/h3-4,9,16,19H,5-8,10H2,1-2H3;1H. The van der Waals surface area contributed by atoms with Crippen LogP contribution in [0.25, 0.3) is 0 Å². The summed E-state index contributed by atoms with van der Waals surface area (Å²) in [5.74, 6) is -0.171. The van der Waals surface area contributed by atoms with Gasteiger partial charge in [0.1, 0.15) is 11.5 Å². The monoisotopic (exact) mass is 343 g/mol. The molecule has 8 heteroatoms. The zero-order valence-corrected chi connectivity index (χ0v) is 14.1. The summed E-state index contributed by atoms with van der Waals surface area (Å²) < 4.78 is 5.05. The van der Waals surface area contributed by atoms with E-state index < -0.39 is 5.91 Å². The van der Waals surface area contributed by atoms with Crippen LogP contribution >= 0.6 is 12.4 Å². The number of phenolic OH excluding ortho intramolecular Hbond substituents is 1. The van der Waals surface area contributed by atoms with E-state index in [0.29, 0.717) is 18.8 Å². The van der Waals surface area contributed by atoms with E-state index in [4.69, 9.17) is 4.74 Å². The molecule has 0 bridgehead atoms. The van der Waals surface area contributed by atoms with E-state index in [1.807, 2.05) is 0 Å². The fraction of sp³-hybridized carbons (Fsp3) is 0.467. The van der Waals surface area contributed by atoms with Crippen molar-refractivity contribution >= 4 is 24.2 Å². The number of nitrogens with one attached hydrogen (secondary N) is 1. The van der Waals surface area contributed by atoms with Gasteiger partial charge in [-0.1, -0.05) is 0 Å². The van der Waals surface area contributed by atoms with Gasteiger partial charge in [0.15, 0.2) is 0 Å². The minimum Gasteiger partial charge on any atom is -0.507 e. The van der Waals surface area contributed by atoms with Crippen LogP contribution in [-0.2, 0) is 4.79 Å². The fourth-order valence-corrected chi connectivity index (χ4v) is 2.31. The Balaban J connectivity index is 0.00000264. The van der Waals surface area contributed by atoms with E-state index in [0.717, 1.165) is 13.1 Å². The van der Waals surface area contributed by atoms with Crippen LogP contribution < -0.4 is 10.1 Å². The van der Waals surface area contributed by atoms with Gasteiger partial charge in [-0.25, -0.2) is 0 Å². The van der Waals surface area contributed by atoms with E-state index >= 15 is 0 Å². The molecule has 1 aliphatic rings. The minimum absolute atomic E-state index is 0. The van der Waals surface area contributed by atoms with Gasteiger partial charge in [-0.3, -0.25) is 9.59 Å². The molecule has 0 unspecified atom stereocenters. The van der Waals surface area contributed by atoms with E-state index in [9.17, 15) is 14.7 Å². The molecule has 2 amide bonds. The quantitative estimate of drug-likeness (QED) is 0.823. The number of phenols is 1. The van der Waals surface area contributed by atoms with E-state index in [1.54, 1.807) is 18.0 Å². The number of carbonyl (C=O) groups is 2. The summed E-state index contributed by atoms with van der Waals surface area (Å²) in [5.41, 5.74) is 0.120. The van der Waals surface area contributed by atoms with Gasteiger partial charge in [0, 0.05) is 33.2 Å². The maximum absolute atomic E-state index is 12.4. The summed E-state index contributed by atoms with van der Waals surface area (Å²) >= 11 is 0. The maximum atomic E-state index is 12.4. The molecule has 0 spiro atoms. The van der Waals surface area contributed by atoms with E-state index in [-0.39, 0.29) is 36.2 Å². The lowest BCUT2D eigenvalue weighted by molar-refractivity contribution is -0.132. The van der Waals surface area contributed by atoms with Gasteiger partial charge in [0.25, 0.3) is 5.91 Å². The number of aromatic hydroxyl groups is 1. The maximum Gasteiger partial charge on any atom is 0.257 e. The third-order valence-electron chi connectivity index (χ3n) is 3.62. The number of rotatable bonds is 4. The number of hydrogen-bond acceptors (Lipinski definition) is 5. The highest BCUT2D eigenvalue weighted by molar-refractivity contribution is 5.98. The first-order chi connectivity index (χ1) is 10.5. The SMILES string of the molecule is COc1ccc(O)c(C(=O)N(C)CC(=O)N2CCNCC2)c1.Cl. The highest BCUT2D eigenvalue weighted by Gasteiger charge is 2.22. The zero-order chi connectivity index (χ0) is 16.1.